The van der Waals surface area contributed by atoms with Crippen LogP contribution < -0.4 is 9.64 Å². The molecule has 0 bridgehead atoms. The predicted molar refractivity (Wildman–Crippen MR) is 98.8 cm³/mol. The number of piperazine rings is 1. The van der Waals surface area contributed by atoms with Crippen LogP contribution in [0, 0.1) is 6.92 Å². The summed E-state index contributed by atoms with van der Waals surface area (Å²) in [5.41, 5.74) is 0.0303. The normalized spacial score (nSPS) is 22.2. The summed E-state index contributed by atoms with van der Waals surface area (Å²) >= 11 is 0. The number of rotatable bonds is 2. The Kier molecular flexibility index (Phi) is 4.99. The van der Waals surface area contributed by atoms with Gasteiger partial charge in [0.05, 0.1) is 12.3 Å². The Morgan fingerprint density at radius 3 is 2.44 bits per heavy atom. The summed E-state index contributed by atoms with van der Waals surface area (Å²) in [5.74, 6) is -0.295. The van der Waals surface area contributed by atoms with Gasteiger partial charge in [0.2, 0.25) is 0 Å². The van der Waals surface area contributed by atoms with Crippen molar-refractivity contribution < 1.29 is 23.9 Å². The Morgan fingerprint density at radius 2 is 1.81 bits per heavy atom. The molecule has 0 aromatic heterocycles. The fourth-order valence-electron chi connectivity index (χ4n) is 3.41. The molecule has 8 nitrogen and oxygen atoms in total. The molecular weight excluding hydrogens is 350 g/mol. The Morgan fingerprint density at radius 1 is 1.19 bits per heavy atom. The van der Waals surface area contributed by atoms with Crippen LogP contribution in [0.1, 0.15) is 19.4 Å². The van der Waals surface area contributed by atoms with Crippen LogP contribution in [0.25, 0.3) is 0 Å². The van der Waals surface area contributed by atoms with Crippen LogP contribution in [0.4, 0.5) is 10.5 Å². The summed E-state index contributed by atoms with van der Waals surface area (Å²) in [4.78, 5) is 42.5. The Labute approximate surface area is 158 Å². The van der Waals surface area contributed by atoms with Crippen LogP contribution in [-0.2, 0) is 14.3 Å². The first-order valence-electron chi connectivity index (χ1n) is 9.07. The highest BCUT2D eigenvalue weighted by Gasteiger charge is 2.51. The van der Waals surface area contributed by atoms with E-state index in [-0.39, 0.29) is 6.09 Å². The number of ether oxygens (including phenoxy) is 2. The summed E-state index contributed by atoms with van der Waals surface area (Å²) in [7, 11) is 1.65. The van der Waals surface area contributed by atoms with E-state index < -0.39 is 17.4 Å². The highest BCUT2D eigenvalue weighted by molar-refractivity contribution is 6.16. The maximum Gasteiger partial charge on any atom is 0.409 e. The average Bonchev–Trinajstić information content (AvgIpc) is 2.67. The first kappa shape index (κ1) is 19.0. The van der Waals surface area contributed by atoms with Crippen molar-refractivity contribution >= 4 is 23.6 Å². The molecule has 1 aromatic rings. The first-order chi connectivity index (χ1) is 12.8. The van der Waals surface area contributed by atoms with Gasteiger partial charge >= 0.3 is 6.09 Å². The number of likely N-dealkylation sites (N-methyl/N-ethyl adjacent to an activating group) is 1. The third kappa shape index (κ3) is 3.31. The molecule has 3 rings (SSSR count). The first-order valence-corrected chi connectivity index (χ1v) is 9.07. The van der Waals surface area contributed by atoms with Gasteiger partial charge < -0.3 is 24.2 Å². The predicted octanol–water partition coefficient (Wildman–Crippen LogP) is 1.41. The van der Waals surface area contributed by atoms with Crippen molar-refractivity contribution in [1.29, 1.82) is 0 Å². The van der Waals surface area contributed by atoms with E-state index in [1.165, 1.54) is 11.8 Å². The zero-order valence-electron chi connectivity index (χ0n) is 16.2. The lowest BCUT2D eigenvalue weighted by Gasteiger charge is -2.42. The zero-order chi connectivity index (χ0) is 19.8. The largest absolute Gasteiger partial charge is 0.465 e. The molecule has 27 heavy (non-hydrogen) atoms. The van der Waals surface area contributed by atoms with Crippen molar-refractivity contribution in [3.8, 4) is 5.75 Å². The van der Waals surface area contributed by atoms with Crippen LogP contribution in [0.15, 0.2) is 18.2 Å². The highest BCUT2D eigenvalue weighted by Crippen LogP contribution is 2.38. The Balaban J connectivity index is 1.76. The lowest BCUT2D eigenvalue weighted by atomic mass is 9.98. The summed E-state index contributed by atoms with van der Waals surface area (Å²) in [6.45, 7) is 6.88. The van der Waals surface area contributed by atoms with E-state index in [1.54, 1.807) is 29.8 Å². The van der Waals surface area contributed by atoms with E-state index in [4.69, 9.17) is 9.47 Å². The van der Waals surface area contributed by atoms with Crippen molar-refractivity contribution in [2.75, 3.05) is 44.7 Å². The second-order valence-electron chi connectivity index (χ2n) is 6.95. The molecule has 1 unspecified atom stereocenters. The molecule has 1 atom stereocenters. The van der Waals surface area contributed by atoms with Gasteiger partial charge in [-0.2, -0.15) is 0 Å². The van der Waals surface area contributed by atoms with Gasteiger partial charge in [0.25, 0.3) is 17.4 Å². The van der Waals surface area contributed by atoms with E-state index in [0.29, 0.717) is 44.2 Å². The molecule has 146 valence electrons. The second-order valence-corrected chi connectivity index (χ2v) is 6.95. The Hall–Kier alpha value is -2.77. The lowest BCUT2D eigenvalue weighted by Crippen LogP contribution is -2.64. The third-order valence-electron chi connectivity index (χ3n) is 5.00. The van der Waals surface area contributed by atoms with Gasteiger partial charge in [0, 0.05) is 33.2 Å². The van der Waals surface area contributed by atoms with Gasteiger partial charge in [0.1, 0.15) is 5.75 Å². The van der Waals surface area contributed by atoms with E-state index in [1.807, 2.05) is 19.1 Å². The van der Waals surface area contributed by atoms with Crippen LogP contribution in [0.2, 0.25) is 0 Å². The number of anilines is 1. The molecule has 2 aliphatic rings. The number of carbonyl (C=O) groups is 3. The number of nitrogens with zero attached hydrogens (tertiary/aromatic N) is 3. The summed E-state index contributed by atoms with van der Waals surface area (Å²) in [6, 6.07) is 5.51. The number of aryl methyl sites for hydroxylation is 1. The van der Waals surface area contributed by atoms with E-state index in [0.717, 1.165) is 5.56 Å². The molecule has 8 heteroatoms. The monoisotopic (exact) mass is 375 g/mol. The summed E-state index contributed by atoms with van der Waals surface area (Å²) in [5, 5.41) is 0. The van der Waals surface area contributed by atoms with Crippen molar-refractivity contribution in [2.45, 2.75) is 26.4 Å². The maximum atomic E-state index is 13.1. The SMILES string of the molecule is CCOC(=O)N1CCN(C(=O)C2(C)Oc3ccc(C)cc3N(C)C2=O)CC1. The molecule has 1 aromatic carbocycles. The molecule has 1 saturated heterocycles. The van der Waals surface area contributed by atoms with Crippen LogP contribution >= 0.6 is 0 Å². The molecule has 1 fully saturated rings. The quantitative estimate of drug-likeness (QED) is 0.731. The molecular formula is C19H25N3O5. The number of hydrogen-bond acceptors (Lipinski definition) is 5. The molecule has 0 radical (unpaired) electrons. The van der Waals surface area contributed by atoms with Gasteiger partial charge in [-0.25, -0.2) is 4.79 Å². The second kappa shape index (κ2) is 7.09. The van der Waals surface area contributed by atoms with Crippen molar-refractivity contribution in [3.63, 3.8) is 0 Å². The van der Waals surface area contributed by atoms with Crippen molar-refractivity contribution in [3.05, 3.63) is 23.8 Å². The van der Waals surface area contributed by atoms with Crippen molar-refractivity contribution in [1.82, 2.24) is 9.80 Å². The molecule has 3 amide bonds. The van der Waals surface area contributed by atoms with Gasteiger partial charge in [-0.3, -0.25) is 9.59 Å². The average molecular weight is 375 g/mol. The lowest BCUT2D eigenvalue weighted by molar-refractivity contribution is -0.157. The molecule has 2 heterocycles. The molecule has 0 aliphatic carbocycles. The summed E-state index contributed by atoms with van der Waals surface area (Å²) < 4.78 is 10.9. The number of benzene rings is 1. The maximum absolute atomic E-state index is 13.1. The number of fused-ring (bicyclic) bond motifs is 1. The fraction of sp³-hybridized carbons (Fsp3) is 0.526. The standard InChI is InChI=1S/C19H25N3O5/c1-5-26-18(25)22-10-8-21(9-11-22)17(24)19(3)16(23)20(4)14-12-13(2)6-7-15(14)27-19/h6-7,12H,5,8-11H2,1-4H3. The van der Waals surface area contributed by atoms with Gasteiger partial charge in [-0.15, -0.1) is 0 Å². The molecule has 0 N–H and O–H groups in total. The molecule has 0 spiro atoms. The van der Waals surface area contributed by atoms with Crippen molar-refractivity contribution in [2.24, 2.45) is 0 Å². The van der Waals surface area contributed by atoms with Gasteiger partial charge in [0.15, 0.2) is 0 Å². The number of carbonyl (C=O) groups excluding carboxylic acids is 3. The van der Waals surface area contributed by atoms with E-state index in [9.17, 15) is 14.4 Å². The number of amides is 3. The van der Waals surface area contributed by atoms with Gasteiger partial charge in [-0.05, 0) is 38.5 Å². The fourth-order valence-corrected chi connectivity index (χ4v) is 3.41. The third-order valence-corrected chi connectivity index (χ3v) is 5.00. The van der Waals surface area contributed by atoms with Crippen LogP contribution in [-0.4, -0.2) is 73.1 Å². The zero-order valence-corrected chi connectivity index (χ0v) is 16.2. The van der Waals surface area contributed by atoms with E-state index in [2.05, 4.69) is 0 Å². The van der Waals surface area contributed by atoms with E-state index >= 15 is 0 Å². The smallest absolute Gasteiger partial charge is 0.409 e. The minimum atomic E-state index is -1.62. The minimum Gasteiger partial charge on any atom is -0.465 e. The van der Waals surface area contributed by atoms with Gasteiger partial charge in [-0.1, -0.05) is 6.07 Å². The topological polar surface area (TPSA) is 79.4 Å². The summed E-state index contributed by atoms with van der Waals surface area (Å²) in [6.07, 6.45) is -0.384. The highest BCUT2D eigenvalue weighted by atomic mass is 16.6. The van der Waals surface area contributed by atoms with Crippen LogP contribution in [0.5, 0.6) is 5.75 Å². The minimum absolute atomic E-state index is 0.309. The molecule has 0 saturated carbocycles. The number of hydrogen-bond donors (Lipinski definition) is 0. The molecule has 2 aliphatic heterocycles. The van der Waals surface area contributed by atoms with Crippen LogP contribution in [0.3, 0.4) is 0 Å². The Bertz CT molecular complexity index is 773.